The van der Waals surface area contributed by atoms with Crippen molar-refractivity contribution in [2.75, 3.05) is 13.6 Å². The van der Waals surface area contributed by atoms with Crippen molar-refractivity contribution < 1.29 is 10.0 Å². The minimum Gasteiger partial charge on any atom is -0.409 e. The second-order valence-electron chi connectivity index (χ2n) is 3.41. The summed E-state index contributed by atoms with van der Waals surface area (Å²) in [5, 5.41) is 13.1. The fourth-order valence-electron chi connectivity index (χ4n) is 1.18. The molecule has 1 aromatic rings. The third-order valence-corrected chi connectivity index (χ3v) is 3.10. The Hall–Kier alpha value is -1.56. The van der Waals surface area contributed by atoms with Gasteiger partial charge in [0.15, 0.2) is 0 Å². The number of nitrogens with two attached hydrogens (primary N) is 1. The van der Waals surface area contributed by atoms with E-state index in [9.17, 15) is 4.79 Å². The second kappa shape index (κ2) is 6.12. The van der Waals surface area contributed by atoms with Crippen molar-refractivity contribution in [3.63, 3.8) is 0 Å². The molecule has 0 unspecified atom stereocenters. The first-order chi connectivity index (χ1) is 7.63. The van der Waals surface area contributed by atoms with Gasteiger partial charge in [-0.2, -0.15) is 0 Å². The van der Waals surface area contributed by atoms with Crippen molar-refractivity contribution in [2.24, 2.45) is 10.9 Å². The van der Waals surface area contributed by atoms with Gasteiger partial charge in [0.05, 0.1) is 6.42 Å². The predicted molar refractivity (Wildman–Crippen MR) is 63.7 cm³/mol. The van der Waals surface area contributed by atoms with Crippen LogP contribution < -0.4 is 5.73 Å². The van der Waals surface area contributed by atoms with Crippen LogP contribution in [0.1, 0.15) is 11.3 Å². The number of hydrogen-bond donors (Lipinski definition) is 2. The van der Waals surface area contributed by atoms with Gasteiger partial charge in [-0.15, -0.1) is 11.3 Å². The highest BCUT2D eigenvalue weighted by molar-refractivity contribution is 7.09. The normalized spacial score (nSPS) is 11.4. The standard InChI is InChI=1S/C10H15N3O2S/c1-13(10(14)7-9(11)12-15)5-4-8-3-2-6-16-8/h2-3,6,15H,4-5,7H2,1H3,(H2,11,12). The Kier molecular flexibility index (Phi) is 4.78. The Balaban J connectivity index is 2.34. The number of thiophene rings is 1. The summed E-state index contributed by atoms with van der Waals surface area (Å²) in [5.74, 6) is -0.208. The molecule has 3 N–H and O–H groups in total. The SMILES string of the molecule is CN(CCc1cccs1)C(=O)CC(N)=NO. The van der Waals surface area contributed by atoms with Crippen LogP contribution in [-0.4, -0.2) is 35.4 Å². The van der Waals surface area contributed by atoms with Gasteiger partial charge in [-0.1, -0.05) is 11.2 Å². The van der Waals surface area contributed by atoms with Crippen molar-refractivity contribution in [3.8, 4) is 0 Å². The molecule has 1 heterocycles. The Morgan fingerprint density at radius 3 is 3.00 bits per heavy atom. The summed E-state index contributed by atoms with van der Waals surface area (Å²) in [6, 6.07) is 4.02. The summed E-state index contributed by atoms with van der Waals surface area (Å²) in [5.41, 5.74) is 5.26. The lowest BCUT2D eigenvalue weighted by Crippen LogP contribution is -2.32. The Morgan fingerprint density at radius 1 is 1.69 bits per heavy atom. The van der Waals surface area contributed by atoms with Crippen LogP contribution in [0.3, 0.4) is 0 Å². The zero-order chi connectivity index (χ0) is 12.0. The average Bonchev–Trinajstić information content (AvgIpc) is 2.78. The smallest absolute Gasteiger partial charge is 0.230 e. The van der Waals surface area contributed by atoms with E-state index in [1.807, 2.05) is 17.5 Å². The molecular formula is C10H15N3O2S. The van der Waals surface area contributed by atoms with Crippen molar-refractivity contribution in [1.82, 2.24) is 4.90 Å². The molecule has 6 heteroatoms. The van der Waals surface area contributed by atoms with E-state index in [1.165, 1.54) is 4.88 Å². The zero-order valence-corrected chi connectivity index (χ0v) is 9.91. The second-order valence-corrected chi connectivity index (χ2v) is 4.45. The topological polar surface area (TPSA) is 78.9 Å². The van der Waals surface area contributed by atoms with Gasteiger partial charge in [0, 0.05) is 18.5 Å². The number of oxime groups is 1. The molecule has 0 aliphatic rings. The largest absolute Gasteiger partial charge is 0.409 e. The average molecular weight is 241 g/mol. The first-order valence-corrected chi connectivity index (χ1v) is 5.74. The fraction of sp³-hybridized carbons (Fsp3) is 0.400. The molecule has 0 bridgehead atoms. The highest BCUT2D eigenvalue weighted by Crippen LogP contribution is 2.09. The van der Waals surface area contributed by atoms with E-state index in [0.717, 1.165) is 6.42 Å². The molecule has 88 valence electrons. The third kappa shape index (κ3) is 3.90. The Bertz CT molecular complexity index is 362. The van der Waals surface area contributed by atoms with Gasteiger partial charge in [0.25, 0.3) is 0 Å². The first kappa shape index (κ1) is 12.5. The number of nitrogens with zero attached hydrogens (tertiary/aromatic N) is 2. The van der Waals surface area contributed by atoms with Gasteiger partial charge in [-0.3, -0.25) is 4.79 Å². The van der Waals surface area contributed by atoms with Gasteiger partial charge >= 0.3 is 0 Å². The van der Waals surface area contributed by atoms with Crippen LogP contribution in [0.15, 0.2) is 22.7 Å². The molecule has 1 aromatic heterocycles. The predicted octanol–water partition coefficient (Wildman–Crippen LogP) is 0.886. The lowest BCUT2D eigenvalue weighted by Gasteiger charge is -2.16. The van der Waals surface area contributed by atoms with Crippen molar-refractivity contribution in [3.05, 3.63) is 22.4 Å². The monoisotopic (exact) mass is 241 g/mol. The van der Waals surface area contributed by atoms with Crippen LogP contribution in [0.5, 0.6) is 0 Å². The van der Waals surface area contributed by atoms with Crippen LogP contribution in [0.4, 0.5) is 0 Å². The molecule has 0 aromatic carbocycles. The highest BCUT2D eigenvalue weighted by atomic mass is 32.1. The Morgan fingerprint density at radius 2 is 2.44 bits per heavy atom. The molecule has 0 spiro atoms. The lowest BCUT2D eigenvalue weighted by molar-refractivity contribution is -0.128. The molecule has 0 radical (unpaired) electrons. The van der Waals surface area contributed by atoms with E-state index in [1.54, 1.807) is 23.3 Å². The molecular weight excluding hydrogens is 226 g/mol. The molecule has 0 saturated heterocycles. The number of hydrogen-bond acceptors (Lipinski definition) is 4. The minimum atomic E-state index is -0.146. The fourth-order valence-corrected chi connectivity index (χ4v) is 1.88. The van der Waals surface area contributed by atoms with Crippen LogP contribution in [-0.2, 0) is 11.2 Å². The van der Waals surface area contributed by atoms with Gasteiger partial charge in [-0.05, 0) is 17.9 Å². The number of amidine groups is 1. The van der Waals surface area contributed by atoms with Gasteiger partial charge in [0.1, 0.15) is 5.84 Å². The summed E-state index contributed by atoms with van der Waals surface area (Å²) in [7, 11) is 1.71. The molecule has 5 nitrogen and oxygen atoms in total. The number of amides is 1. The van der Waals surface area contributed by atoms with Gasteiger partial charge in [0.2, 0.25) is 5.91 Å². The molecule has 0 aliphatic carbocycles. The summed E-state index contributed by atoms with van der Waals surface area (Å²) < 4.78 is 0. The van der Waals surface area contributed by atoms with Crippen LogP contribution in [0.2, 0.25) is 0 Å². The molecule has 0 aliphatic heterocycles. The Labute approximate surface area is 98.2 Å². The van der Waals surface area contributed by atoms with Gasteiger partial charge < -0.3 is 15.8 Å². The van der Waals surface area contributed by atoms with Gasteiger partial charge in [-0.25, -0.2) is 0 Å². The van der Waals surface area contributed by atoms with E-state index in [2.05, 4.69) is 5.16 Å². The molecule has 0 atom stereocenters. The third-order valence-electron chi connectivity index (χ3n) is 2.16. The van der Waals surface area contributed by atoms with E-state index in [-0.39, 0.29) is 18.2 Å². The number of carbonyl (C=O) groups excluding carboxylic acids is 1. The molecule has 0 fully saturated rings. The van der Waals surface area contributed by atoms with E-state index in [0.29, 0.717) is 6.54 Å². The maximum absolute atomic E-state index is 11.5. The van der Waals surface area contributed by atoms with Crippen LogP contribution in [0, 0.1) is 0 Å². The number of likely N-dealkylation sites (N-methyl/N-ethyl adjacent to an activating group) is 1. The molecule has 0 saturated carbocycles. The minimum absolute atomic E-state index is 0.0442. The molecule has 1 rings (SSSR count). The maximum atomic E-state index is 11.5. The van der Waals surface area contributed by atoms with Crippen molar-refractivity contribution in [1.29, 1.82) is 0 Å². The van der Waals surface area contributed by atoms with Crippen molar-refractivity contribution in [2.45, 2.75) is 12.8 Å². The zero-order valence-electron chi connectivity index (χ0n) is 9.09. The lowest BCUT2D eigenvalue weighted by atomic mass is 10.3. The molecule has 16 heavy (non-hydrogen) atoms. The summed E-state index contributed by atoms with van der Waals surface area (Å²) >= 11 is 1.67. The summed E-state index contributed by atoms with van der Waals surface area (Å²) in [6.45, 7) is 0.637. The van der Waals surface area contributed by atoms with E-state index >= 15 is 0 Å². The first-order valence-electron chi connectivity index (χ1n) is 4.86. The van der Waals surface area contributed by atoms with E-state index in [4.69, 9.17) is 10.9 Å². The molecule has 1 amide bonds. The summed E-state index contributed by atoms with van der Waals surface area (Å²) in [4.78, 5) is 14.3. The summed E-state index contributed by atoms with van der Waals surface area (Å²) in [6.07, 6.45) is 0.785. The quantitative estimate of drug-likeness (QED) is 0.348. The number of rotatable bonds is 5. The van der Waals surface area contributed by atoms with Crippen LogP contribution >= 0.6 is 11.3 Å². The highest BCUT2D eigenvalue weighted by Gasteiger charge is 2.10. The van der Waals surface area contributed by atoms with E-state index < -0.39 is 0 Å². The number of carbonyl (C=O) groups is 1. The van der Waals surface area contributed by atoms with Crippen LogP contribution in [0.25, 0.3) is 0 Å². The van der Waals surface area contributed by atoms with Crippen molar-refractivity contribution >= 4 is 23.1 Å². The maximum Gasteiger partial charge on any atom is 0.230 e.